The first-order valence-electron chi connectivity index (χ1n) is 3.87. The van der Waals surface area contributed by atoms with Crippen LogP contribution < -0.4 is 11.1 Å². The average molecular weight is 144 g/mol. The predicted molar refractivity (Wildman–Crippen MR) is 45.9 cm³/mol. The molecule has 2 nitrogen and oxygen atoms in total. The van der Waals surface area contributed by atoms with E-state index in [1.807, 2.05) is 7.05 Å². The zero-order chi connectivity index (χ0) is 8.20. The van der Waals surface area contributed by atoms with Crippen molar-refractivity contribution in [3.05, 3.63) is 0 Å². The maximum atomic E-state index is 5.60. The Kier molecular flexibility index (Phi) is 3.91. The van der Waals surface area contributed by atoms with Crippen molar-refractivity contribution in [2.24, 2.45) is 17.1 Å². The van der Waals surface area contributed by atoms with Crippen LogP contribution in [0.25, 0.3) is 0 Å². The molecule has 0 aliphatic rings. The van der Waals surface area contributed by atoms with E-state index in [2.05, 4.69) is 26.1 Å². The largest absolute Gasteiger partial charge is 0.330 e. The summed E-state index contributed by atoms with van der Waals surface area (Å²) >= 11 is 0. The second-order valence-electron chi connectivity index (χ2n) is 3.86. The molecule has 0 saturated carbocycles. The minimum absolute atomic E-state index is 0.331. The highest BCUT2D eigenvalue weighted by Gasteiger charge is 2.21. The van der Waals surface area contributed by atoms with Crippen molar-refractivity contribution in [3.8, 4) is 0 Å². The first kappa shape index (κ1) is 9.92. The molecule has 0 spiro atoms. The molecule has 0 radical (unpaired) electrons. The summed E-state index contributed by atoms with van der Waals surface area (Å²) in [6, 6.07) is 0. The van der Waals surface area contributed by atoms with Crippen molar-refractivity contribution in [1.29, 1.82) is 0 Å². The van der Waals surface area contributed by atoms with E-state index in [0.717, 1.165) is 13.1 Å². The van der Waals surface area contributed by atoms with E-state index in [1.54, 1.807) is 0 Å². The van der Waals surface area contributed by atoms with Gasteiger partial charge in [-0.1, -0.05) is 20.8 Å². The first-order valence-corrected chi connectivity index (χ1v) is 3.87. The Labute approximate surface area is 64.2 Å². The lowest BCUT2D eigenvalue weighted by atomic mass is 9.81. The van der Waals surface area contributed by atoms with Crippen molar-refractivity contribution >= 4 is 0 Å². The van der Waals surface area contributed by atoms with Crippen LogP contribution in [0.5, 0.6) is 0 Å². The summed E-state index contributed by atoms with van der Waals surface area (Å²) in [5, 5.41) is 3.15. The van der Waals surface area contributed by atoms with Gasteiger partial charge in [-0.05, 0) is 31.5 Å². The molecule has 0 aromatic rings. The van der Waals surface area contributed by atoms with Gasteiger partial charge >= 0.3 is 0 Å². The standard InChI is InChI=1S/C8H20N2/c1-8(2,3)7(5-9)6-10-4/h7,10H,5-6,9H2,1-4H3. The Morgan fingerprint density at radius 2 is 1.90 bits per heavy atom. The van der Waals surface area contributed by atoms with Crippen LogP contribution in [-0.4, -0.2) is 20.1 Å². The van der Waals surface area contributed by atoms with Gasteiger partial charge in [-0.25, -0.2) is 0 Å². The fraction of sp³-hybridized carbons (Fsp3) is 1.00. The molecule has 1 atom stereocenters. The van der Waals surface area contributed by atoms with Gasteiger partial charge in [0.05, 0.1) is 0 Å². The minimum atomic E-state index is 0.331. The number of nitrogens with two attached hydrogens (primary N) is 1. The maximum absolute atomic E-state index is 5.60. The molecule has 0 amide bonds. The smallest absolute Gasteiger partial charge is 0.000644 e. The third kappa shape index (κ3) is 3.18. The van der Waals surface area contributed by atoms with E-state index in [-0.39, 0.29) is 0 Å². The normalized spacial score (nSPS) is 15.3. The van der Waals surface area contributed by atoms with Crippen LogP contribution in [0.4, 0.5) is 0 Å². The van der Waals surface area contributed by atoms with Gasteiger partial charge in [-0.3, -0.25) is 0 Å². The van der Waals surface area contributed by atoms with Gasteiger partial charge in [-0.2, -0.15) is 0 Å². The fourth-order valence-electron chi connectivity index (χ4n) is 0.989. The molecule has 0 fully saturated rings. The van der Waals surface area contributed by atoms with Crippen LogP contribution in [-0.2, 0) is 0 Å². The third-order valence-electron chi connectivity index (χ3n) is 1.96. The first-order chi connectivity index (χ1) is 4.52. The zero-order valence-corrected chi connectivity index (χ0v) is 7.57. The summed E-state index contributed by atoms with van der Waals surface area (Å²) in [5.74, 6) is 0.581. The summed E-state index contributed by atoms with van der Waals surface area (Å²) in [7, 11) is 1.97. The summed E-state index contributed by atoms with van der Waals surface area (Å²) < 4.78 is 0. The van der Waals surface area contributed by atoms with Gasteiger partial charge in [0.15, 0.2) is 0 Å². The van der Waals surface area contributed by atoms with Crippen LogP contribution in [0.15, 0.2) is 0 Å². The van der Waals surface area contributed by atoms with E-state index in [4.69, 9.17) is 5.73 Å². The molecular formula is C8H20N2. The Morgan fingerprint density at radius 1 is 1.40 bits per heavy atom. The summed E-state index contributed by atoms with van der Waals surface area (Å²) in [6.07, 6.45) is 0. The van der Waals surface area contributed by atoms with Gasteiger partial charge in [-0.15, -0.1) is 0 Å². The lowest BCUT2D eigenvalue weighted by Crippen LogP contribution is -2.35. The predicted octanol–water partition coefficient (Wildman–Crippen LogP) is 0.827. The van der Waals surface area contributed by atoms with Crippen molar-refractivity contribution in [2.75, 3.05) is 20.1 Å². The molecule has 0 aliphatic heterocycles. The van der Waals surface area contributed by atoms with Crippen molar-refractivity contribution < 1.29 is 0 Å². The van der Waals surface area contributed by atoms with Crippen molar-refractivity contribution in [1.82, 2.24) is 5.32 Å². The SMILES string of the molecule is CNCC(CN)C(C)(C)C. The van der Waals surface area contributed by atoms with Crippen LogP contribution in [0, 0.1) is 11.3 Å². The summed E-state index contributed by atoms with van der Waals surface area (Å²) in [5.41, 5.74) is 5.94. The lowest BCUT2D eigenvalue weighted by Gasteiger charge is -2.29. The number of hydrogen-bond donors (Lipinski definition) is 2. The Bertz CT molecular complexity index is 83.7. The zero-order valence-electron chi connectivity index (χ0n) is 7.57. The molecular weight excluding hydrogens is 124 g/mol. The Hall–Kier alpha value is -0.0800. The molecule has 2 heteroatoms. The van der Waals surface area contributed by atoms with E-state index in [9.17, 15) is 0 Å². The Balaban J connectivity index is 3.81. The van der Waals surface area contributed by atoms with Crippen LogP contribution >= 0.6 is 0 Å². The molecule has 0 heterocycles. The monoisotopic (exact) mass is 144 g/mol. The van der Waals surface area contributed by atoms with E-state index < -0.39 is 0 Å². The quantitative estimate of drug-likeness (QED) is 0.615. The summed E-state index contributed by atoms with van der Waals surface area (Å²) in [6.45, 7) is 8.45. The van der Waals surface area contributed by atoms with Crippen molar-refractivity contribution in [2.45, 2.75) is 20.8 Å². The molecule has 0 rings (SSSR count). The second-order valence-corrected chi connectivity index (χ2v) is 3.86. The molecule has 0 bridgehead atoms. The minimum Gasteiger partial charge on any atom is -0.330 e. The topological polar surface area (TPSA) is 38.0 Å². The van der Waals surface area contributed by atoms with E-state index in [1.165, 1.54) is 0 Å². The van der Waals surface area contributed by atoms with Gasteiger partial charge in [0.25, 0.3) is 0 Å². The molecule has 0 aromatic carbocycles. The van der Waals surface area contributed by atoms with Gasteiger partial charge in [0, 0.05) is 0 Å². The second kappa shape index (κ2) is 3.94. The van der Waals surface area contributed by atoms with Crippen molar-refractivity contribution in [3.63, 3.8) is 0 Å². The maximum Gasteiger partial charge on any atom is -0.000644 e. The molecule has 3 N–H and O–H groups in total. The Morgan fingerprint density at radius 3 is 2.00 bits per heavy atom. The fourth-order valence-corrected chi connectivity index (χ4v) is 0.989. The molecule has 0 aliphatic carbocycles. The van der Waals surface area contributed by atoms with E-state index >= 15 is 0 Å². The lowest BCUT2D eigenvalue weighted by molar-refractivity contribution is 0.243. The average Bonchev–Trinajstić information content (AvgIpc) is 1.80. The molecule has 0 saturated heterocycles. The third-order valence-corrected chi connectivity index (χ3v) is 1.96. The molecule has 1 unspecified atom stereocenters. The van der Waals surface area contributed by atoms with Gasteiger partial charge < -0.3 is 11.1 Å². The van der Waals surface area contributed by atoms with Crippen LogP contribution in [0.2, 0.25) is 0 Å². The van der Waals surface area contributed by atoms with Crippen LogP contribution in [0.3, 0.4) is 0 Å². The van der Waals surface area contributed by atoms with Gasteiger partial charge in [0.2, 0.25) is 0 Å². The number of rotatable bonds is 3. The highest BCUT2D eigenvalue weighted by Crippen LogP contribution is 2.23. The van der Waals surface area contributed by atoms with Crippen LogP contribution in [0.1, 0.15) is 20.8 Å². The summed E-state index contributed by atoms with van der Waals surface area (Å²) in [4.78, 5) is 0. The number of nitrogens with one attached hydrogen (secondary N) is 1. The van der Waals surface area contributed by atoms with E-state index in [0.29, 0.717) is 11.3 Å². The molecule has 0 aromatic heterocycles. The highest BCUT2D eigenvalue weighted by atomic mass is 14.8. The number of hydrogen-bond acceptors (Lipinski definition) is 2. The van der Waals surface area contributed by atoms with Gasteiger partial charge in [0.1, 0.15) is 0 Å². The molecule has 10 heavy (non-hydrogen) atoms. The highest BCUT2D eigenvalue weighted by molar-refractivity contribution is 4.75. The molecule has 62 valence electrons.